The number of hydrogen-bond acceptors (Lipinski definition) is 3. The number of nitrogens with one attached hydrogen (secondary N) is 1. The van der Waals surface area contributed by atoms with E-state index in [-0.39, 0.29) is 5.91 Å². The number of benzene rings is 2. The molecule has 5 nitrogen and oxygen atoms in total. The highest BCUT2D eigenvalue weighted by Gasteiger charge is 2.20. The van der Waals surface area contributed by atoms with Crippen LogP contribution in [0.3, 0.4) is 0 Å². The Bertz CT molecular complexity index is 1120. The number of halogens is 1. The molecule has 1 atom stereocenters. The number of hydrogen-bond donors (Lipinski definition) is 1. The molecule has 0 bridgehead atoms. The molecule has 1 unspecified atom stereocenters. The van der Waals surface area contributed by atoms with Crippen LogP contribution in [0.4, 0.5) is 0 Å². The Morgan fingerprint density at radius 1 is 1.12 bits per heavy atom. The van der Waals surface area contributed by atoms with E-state index in [1.165, 1.54) is 30.4 Å². The Hall–Kier alpha value is -2.63. The van der Waals surface area contributed by atoms with Crippen LogP contribution < -0.4 is 5.32 Å². The Kier molecular flexibility index (Phi) is 7.51. The number of amides is 1. The highest BCUT2D eigenvalue weighted by atomic mass is 35.5. The summed E-state index contributed by atoms with van der Waals surface area (Å²) in [5, 5.41) is 8.43. The minimum Gasteiger partial charge on any atom is -0.351 e. The number of aryl methyl sites for hydroxylation is 2. The summed E-state index contributed by atoms with van der Waals surface area (Å²) in [6, 6.07) is 16.2. The first-order valence-electron chi connectivity index (χ1n) is 11.9. The molecule has 2 aromatic carbocycles. The predicted molar refractivity (Wildman–Crippen MR) is 135 cm³/mol. The van der Waals surface area contributed by atoms with Crippen molar-refractivity contribution in [1.29, 1.82) is 0 Å². The monoisotopic (exact) mass is 464 g/mol. The fraction of sp³-hybridized carbons (Fsp3) is 0.407. The number of carbonyl (C=O) groups excluding carboxylic acids is 1. The molecule has 1 N–H and O–H groups in total. The van der Waals surface area contributed by atoms with Gasteiger partial charge in [0.05, 0.1) is 16.4 Å². The zero-order valence-electron chi connectivity index (χ0n) is 19.8. The van der Waals surface area contributed by atoms with Gasteiger partial charge >= 0.3 is 0 Å². The van der Waals surface area contributed by atoms with Crippen LogP contribution in [0.5, 0.6) is 0 Å². The maximum atomic E-state index is 13.2. The van der Waals surface area contributed by atoms with Crippen molar-refractivity contribution in [2.75, 3.05) is 19.6 Å². The predicted octanol–water partition coefficient (Wildman–Crippen LogP) is 5.80. The fourth-order valence-electron chi connectivity index (χ4n) is 4.46. The molecule has 0 spiro atoms. The molecule has 1 aliphatic heterocycles. The normalized spacial score (nSPS) is 16.7. The van der Waals surface area contributed by atoms with Crippen molar-refractivity contribution < 1.29 is 4.79 Å². The van der Waals surface area contributed by atoms with Gasteiger partial charge in [-0.2, -0.15) is 5.10 Å². The molecule has 33 heavy (non-hydrogen) atoms. The van der Waals surface area contributed by atoms with Crippen LogP contribution in [-0.2, 0) is 0 Å². The highest BCUT2D eigenvalue weighted by molar-refractivity contribution is 6.32. The number of para-hydroxylation sites is 1. The van der Waals surface area contributed by atoms with Crippen molar-refractivity contribution in [3.63, 3.8) is 0 Å². The maximum Gasteiger partial charge on any atom is 0.270 e. The first-order chi connectivity index (χ1) is 15.9. The van der Waals surface area contributed by atoms with Gasteiger partial charge in [-0.25, -0.2) is 4.68 Å². The summed E-state index contributed by atoms with van der Waals surface area (Å²) in [6.45, 7) is 9.28. The van der Waals surface area contributed by atoms with Gasteiger partial charge in [0.1, 0.15) is 5.69 Å². The number of piperidine rings is 1. The van der Waals surface area contributed by atoms with E-state index in [9.17, 15) is 4.79 Å². The Labute approximate surface area is 201 Å². The summed E-state index contributed by atoms with van der Waals surface area (Å²) in [7, 11) is 0. The van der Waals surface area contributed by atoms with Crippen LogP contribution in [0.1, 0.15) is 54.2 Å². The molecule has 1 saturated heterocycles. The third-order valence-electron chi connectivity index (χ3n) is 6.67. The summed E-state index contributed by atoms with van der Waals surface area (Å²) in [6.07, 6.45) is 4.79. The van der Waals surface area contributed by atoms with Crippen LogP contribution in [0.15, 0.2) is 48.5 Å². The largest absolute Gasteiger partial charge is 0.351 e. The molecule has 1 fully saturated rings. The molecule has 4 rings (SSSR count). The Morgan fingerprint density at radius 3 is 2.70 bits per heavy atom. The lowest BCUT2D eigenvalue weighted by Gasteiger charge is -2.33. The number of nitrogens with zero attached hydrogens (tertiary/aromatic N) is 3. The van der Waals surface area contributed by atoms with Crippen molar-refractivity contribution >= 4 is 17.5 Å². The highest BCUT2D eigenvalue weighted by Crippen LogP contribution is 2.27. The topological polar surface area (TPSA) is 50.2 Å². The number of carbonyl (C=O) groups is 1. The van der Waals surface area contributed by atoms with E-state index in [4.69, 9.17) is 16.7 Å². The average molecular weight is 465 g/mol. The minimum absolute atomic E-state index is 0.135. The van der Waals surface area contributed by atoms with Crippen molar-refractivity contribution in [3.8, 4) is 16.9 Å². The van der Waals surface area contributed by atoms with Gasteiger partial charge in [-0.1, -0.05) is 42.3 Å². The van der Waals surface area contributed by atoms with Crippen LogP contribution in [0.2, 0.25) is 5.02 Å². The van der Waals surface area contributed by atoms with E-state index < -0.39 is 0 Å². The lowest BCUT2D eigenvalue weighted by atomic mass is 10.0. The van der Waals surface area contributed by atoms with E-state index in [1.54, 1.807) is 4.68 Å². The molecule has 3 aromatic rings. The lowest BCUT2D eigenvalue weighted by molar-refractivity contribution is 0.0941. The van der Waals surface area contributed by atoms with Crippen LogP contribution in [-0.4, -0.2) is 46.3 Å². The molecule has 1 aliphatic rings. The van der Waals surface area contributed by atoms with Gasteiger partial charge in [-0.05, 0) is 82.0 Å². The van der Waals surface area contributed by atoms with Gasteiger partial charge in [-0.3, -0.25) is 4.79 Å². The average Bonchev–Trinajstić information content (AvgIpc) is 3.25. The summed E-state index contributed by atoms with van der Waals surface area (Å²) in [5.41, 5.74) is 5.34. The molecule has 1 amide bonds. The Morgan fingerprint density at radius 2 is 1.94 bits per heavy atom. The summed E-state index contributed by atoms with van der Waals surface area (Å²) < 4.78 is 1.66. The van der Waals surface area contributed by atoms with E-state index in [0.29, 0.717) is 29.0 Å². The summed E-state index contributed by atoms with van der Waals surface area (Å²) >= 11 is 6.47. The fourth-order valence-corrected chi connectivity index (χ4v) is 4.67. The molecule has 6 heteroatoms. The van der Waals surface area contributed by atoms with Gasteiger partial charge in [-0.15, -0.1) is 0 Å². The second kappa shape index (κ2) is 10.5. The first-order valence-corrected chi connectivity index (χ1v) is 12.3. The van der Waals surface area contributed by atoms with Gasteiger partial charge in [0.15, 0.2) is 0 Å². The number of aromatic nitrogens is 2. The van der Waals surface area contributed by atoms with Crippen LogP contribution in [0, 0.1) is 13.8 Å². The molecule has 1 aromatic heterocycles. The second-order valence-electron chi connectivity index (χ2n) is 9.07. The third-order valence-corrected chi connectivity index (χ3v) is 6.99. The standard InChI is InChI=1S/C27H33ClN4O/c1-19-12-13-22(17-20(19)2)24-18-26(32(30-24)25-11-5-4-10-23(25)28)27(33)29-14-8-16-31-15-7-6-9-21(31)3/h4-5,10-13,17-18,21H,6-9,14-16H2,1-3H3,(H,29,33). The zero-order chi connectivity index (χ0) is 23.4. The molecule has 2 heterocycles. The Balaban J connectivity index is 1.54. The van der Waals surface area contributed by atoms with Crippen molar-refractivity contribution in [1.82, 2.24) is 20.0 Å². The summed E-state index contributed by atoms with van der Waals surface area (Å²) in [4.78, 5) is 15.7. The molecule has 0 radical (unpaired) electrons. The number of rotatable bonds is 7. The molecular weight excluding hydrogens is 432 g/mol. The zero-order valence-corrected chi connectivity index (χ0v) is 20.5. The molecule has 174 valence electrons. The van der Waals surface area contributed by atoms with E-state index in [1.807, 2.05) is 36.4 Å². The molecule has 0 saturated carbocycles. The second-order valence-corrected chi connectivity index (χ2v) is 9.47. The molecule has 0 aliphatic carbocycles. The lowest BCUT2D eigenvalue weighted by Crippen LogP contribution is -2.39. The SMILES string of the molecule is Cc1ccc(-c2cc(C(=O)NCCCN3CCCCC3C)n(-c3ccccc3Cl)n2)cc1C. The van der Waals surface area contributed by atoms with Crippen molar-refractivity contribution in [3.05, 3.63) is 70.4 Å². The van der Waals surface area contributed by atoms with Crippen molar-refractivity contribution in [2.24, 2.45) is 0 Å². The first kappa shape index (κ1) is 23.5. The van der Waals surface area contributed by atoms with Crippen LogP contribution in [0.25, 0.3) is 16.9 Å². The third kappa shape index (κ3) is 5.48. The minimum atomic E-state index is -0.135. The quantitative estimate of drug-likeness (QED) is 0.449. The number of likely N-dealkylation sites (tertiary alicyclic amines) is 1. The van der Waals surface area contributed by atoms with Crippen LogP contribution >= 0.6 is 11.6 Å². The van der Waals surface area contributed by atoms with E-state index in [2.05, 4.69) is 43.1 Å². The van der Waals surface area contributed by atoms with Gasteiger partial charge in [0, 0.05) is 24.7 Å². The van der Waals surface area contributed by atoms with Gasteiger partial charge < -0.3 is 10.2 Å². The summed E-state index contributed by atoms with van der Waals surface area (Å²) in [5.74, 6) is -0.135. The van der Waals surface area contributed by atoms with Crippen molar-refractivity contribution in [2.45, 2.75) is 52.5 Å². The van der Waals surface area contributed by atoms with E-state index >= 15 is 0 Å². The molecular formula is C27H33ClN4O. The smallest absolute Gasteiger partial charge is 0.270 e. The van der Waals surface area contributed by atoms with Gasteiger partial charge in [0.25, 0.3) is 5.91 Å². The maximum absolute atomic E-state index is 13.2. The van der Waals surface area contributed by atoms with Gasteiger partial charge in [0.2, 0.25) is 0 Å². The van der Waals surface area contributed by atoms with E-state index in [0.717, 1.165) is 30.8 Å².